The van der Waals surface area contributed by atoms with E-state index in [1.807, 2.05) is 4.90 Å². The Bertz CT molecular complexity index is 588. The largest absolute Gasteiger partial charge is 0.462 e. The van der Waals surface area contributed by atoms with E-state index in [0.717, 1.165) is 37.0 Å². The molecule has 0 N–H and O–H groups in total. The summed E-state index contributed by atoms with van der Waals surface area (Å²) in [6.07, 6.45) is 0.737. The molecule has 2 fully saturated rings. The normalized spacial score (nSPS) is 24.6. The van der Waals surface area contributed by atoms with Crippen molar-refractivity contribution in [1.29, 1.82) is 0 Å². The molecule has 1 aliphatic carbocycles. The molecule has 0 amide bonds. The summed E-state index contributed by atoms with van der Waals surface area (Å²) in [5.74, 6) is -0.406. The van der Waals surface area contributed by atoms with Crippen LogP contribution in [-0.4, -0.2) is 30.1 Å². The Kier molecular flexibility index (Phi) is 4.53. The number of halogens is 3. The molecule has 2 unspecified atom stereocenters. The van der Waals surface area contributed by atoms with Crippen molar-refractivity contribution >= 4 is 22.4 Å². The lowest BCUT2D eigenvalue weighted by molar-refractivity contribution is -0.141. The summed E-state index contributed by atoms with van der Waals surface area (Å²) >= 11 is 0.808. The van der Waals surface area contributed by atoms with Gasteiger partial charge >= 0.3 is 12.1 Å². The summed E-state index contributed by atoms with van der Waals surface area (Å²) in [5, 5.41) is 0.301. The number of fused-ring (bicyclic) bond motifs is 1. The highest BCUT2D eigenvalue weighted by molar-refractivity contribution is 7.17. The molecular weight excluding hydrogens is 329 g/mol. The van der Waals surface area contributed by atoms with Crippen molar-refractivity contribution in [3.63, 3.8) is 0 Å². The van der Waals surface area contributed by atoms with Gasteiger partial charge in [0, 0.05) is 12.6 Å². The third kappa shape index (κ3) is 3.18. The third-order valence-corrected chi connectivity index (χ3v) is 5.67. The Morgan fingerprint density at radius 1 is 1.35 bits per heavy atom. The number of carbonyl (C=O) groups is 1. The summed E-state index contributed by atoms with van der Waals surface area (Å²) in [6, 6.07) is 0.256. The molecule has 1 aromatic heterocycles. The average molecular weight is 348 g/mol. The predicted octanol–water partition coefficient (Wildman–Crippen LogP) is 4.11. The molecule has 2 atom stereocenters. The molecule has 0 spiro atoms. The zero-order chi connectivity index (χ0) is 16.6. The number of alkyl halides is 3. The monoisotopic (exact) mass is 348 g/mol. The number of rotatable bonds is 3. The third-order valence-electron chi connectivity index (χ3n) is 4.60. The van der Waals surface area contributed by atoms with Gasteiger partial charge in [0.15, 0.2) is 10.8 Å². The van der Waals surface area contributed by atoms with Gasteiger partial charge in [0.1, 0.15) is 4.88 Å². The summed E-state index contributed by atoms with van der Waals surface area (Å²) in [6.45, 7) is 2.32. The number of ether oxygens (including phenoxy) is 1. The molecule has 0 bridgehead atoms. The van der Waals surface area contributed by atoms with Crippen molar-refractivity contribution in [2.24, 2.45) is 5.92 Å². The van der Waals surface area contributed by atoms with Crippen LogP contribution in [0.2, 0.25) is 0 Å². The predicted molar refractivity (Wildman–Crippen MR) is 80.8 cm³/mol. The van der Waals surface area contributed by atoms with E-state index in [0.29, 0.717) is 17.6 Å². The maximum absolute atomic E-state index is 13.2. The molecule has 2 heterocycles. The van der Waals surface area contributed by atoms with Crippen LogP contribution in [0, 0.1) is 5.92 Å². The highest BCUT2D eigenvalue weighted by Gasteiger charge is 2.43. The molecule has 0 aromatic carbocycles. The van der Waals surface area contributed by atoms with Gasteiger partial charge in [-0.25, -0.2) is 9.78 Å². The molecule has 8 heteroatoms. The lowest BCUT2D eigenvalue weighted by Gasteiger charge is -2.31. The van der Waals surface area contributed by atoms with Gasteiger partial charge in [0.05, 0.1) is 6.61 Å². The maximum Gasteiger partial charge on any atom is 0.435 e. The van der Waals surface area contributed by atoms with Crippen LogP contribution in [0.15, 0.2) is 0 Å². The quantitative estimate of drug-likeness (QED) is 0.771. The lowest BCUT2D eigenvalue weighted by Crippen LogP contribution is -2.34. The zero-order valence-corrected chi connectivity index (χ0v) is 13.7. The number of thiazole rings is 1. The van der Waals surface area contributed by atoms with Gasteiger partial charge in [-0.05, 0) is 32.1 Å². The van der Waals surface area contributed by atoms with Crippen LogP contribution in [0.3, 0.4) is 0 Å². The van der Waals surface area contributed by atoms with Gasteiger partial charge in [0.2, 0.25) is 0 Å². The smallest absolute Gasteiger partial charge is 0.435 e. The summed E-state index contributed by atoms with van der Waals surface area (Å²) < 4.78 is 44.4. The van der Waals surface area contributed by atoms with E-state index in [-0.39, 0.29) is 12.6 Å². The van der Waals surface area contributed by atoms with Gasteiger partial charge < -0.3 is 9.64 Å². The number of anilines is 1. The molecule has 1 saturated heterocycles. The standard InChI is InChI=1S/C15H19F3N2O2S/c1-2-22-13(21)11-12(15(16,17)18)19-14(23-11)20-8-7-9-5-3-4-6-10(9)20/h9-10H,2-8H2,1H3. The van der Waals surface area contributed by atoms with Crippen LogP contribution in [0.1, 0.15) is 54.4 Å². The topological polar surface area (TPSA) is 42.4 Å². The Hall–Kier alpha value is -1.31. The van der Waals surface area contributed by atoms with E-state index in [2.05, 4.69) is 4.98 Å². The van der Waals surface area contributed by atoms with E-state index >= 15 is 0 Å². The molecule has 0 radical (unpaired) electrons. The van der Waals surface area contributed by atoms with Crippen LogP contribution in [-0.2, 0) is 10.9 Å². The van der Waals surface area contributed by atoms with Gasteiger partial charge in [-0.2, -0.15) is 13.2 Å². The second-order valence-electron chi connectivity index (χ2n) is 5.99. The minimum atomic E-state index is -4.65. The summed E-state index contributed by atoms with van der Waals surface area (Å²) in [5.41, 5.74) is -1.12. The van der Waals surface area contributed by atoms with Crippen molar-refractivity contribution in [2.45, 2.75) is 51.2 Å². The molecule has 23 heavy (non-hydrogen) atoms. The first-order valence-electron chi connectivity index (χ1n) is 7.93. The van der Waals surface area contributed by atoms with Crippen molar-refractivity contribution in [2.75, 3.05) is 18.1 Å². The Morgan fingerprint density at radius 2 is 2.09 bits per heavy atom. The first kappa shape index (κ1) is 16.5. The van der Waals surface area contributed by atoms with Crippen molar-refractivity contribution in [3.05, 3.63) is 10.6 Å². The molecule has 1 saturated carbocycles. The fraction of sp³-hybridized carbons (Fsp3) is 0.733. The van der Waals surface area contributed by atoms with Crippen LogP contribution >= 0.6 is 11.3 Å². The molecular formula is C15H19F3N2O2S. The maximum atomic E-state index is 13.2. The second kappa shape index (κ2) is 6.30. The van der Waals surface area contributed by atoms with Gasteiger partial charge in [-0.15, -0.1) is 0 Å². The van der Waals surface area contributed by atoms with E-state index in [1.54, 1.807) is 6.92 Å². The number of carbonyl (C=O) groups excluding carboxylic acids is 1. The molecule has 128 valence electrons. The van der Waals surface area contributed by atoms with Crippen molar-refractivity contribution < 1.29 is 22.7 Å². The van der Waals surface area contributed by atoms with E-state index in [4.69, 9.17) is 4.74 Å². The fourth-order valence-corrected chi connectivity index (χ4v) is 4.67. The Morgan fingerprint density at radius 3 is 2.78 bits per heavy atom. The van der Waals surface area contributed by atoms with Gasteiger partial charge in [0.25, 0.3) is 0 Å². The number of hydrogen-bond donors (Lipinski definition) is 0. The molecule has 1 aliphatic heterocycles. The van der Waals surface area contributed by atoms with E-state index in [1.165, 1.54) is 6.42 Å². The highest BCUT2D eigenvalue weighted by atomic mass is 32.1. The minimum absolute atomic E-state index is 0.0395. The van der Waals surface area contributed by atoms with Crippen molar-refractivity contribution in [3.8, 4) is 0 Å². The number of nitrogens with zero attached hydrogens (tertiary/aromatic N) is 2. The molecule has 1 aromatic rings. The van der Waals surface area contributed by atoms with Gasteiger partial charge in [-0.3, -0.25) is 0 Å². The minimum Gasteiger partial charge on any atom is -0.462 e. The fourth-order valence-electron chi connectivity index (χ4n) is 3.60. The Labute approximate surface area is 136 Å². The van der Waals surface area contributed by atoms with Crippen LogP contribution in [0.5, 0.6) is 0 Å². The number of hydrogen-bond acceptors (Lipinski definition) is 5. The highest BCUT2D eigenvalue weighted by Crippen LogP contribution is 2.43. The first-order chi connectivity index (χ1) is 10.9. The SMILES string of the molecule is CCOC(=O)c1sc(N2CCC3CCCCC32)nc1C(F)(F)F. The number of aromatic nitrogens is 1. The average Bonchev–Trinajstić information content (AvgIpc) is 3.11. The van der Waals surface area contributed by atoms with Crippen LogP contribution in [0.25, 0.3) is 0 Å². The van der Waals surface area contributed by atoms with Crippen molar-refractivity contribution in [1.82, 2.24) is 4.98 Å². The Balaban J connectivity index is 1.92. The number of esters is 1. The first-order valence-corrected chi connectivity index (χ1v) is 8.75. The molecule has 3 rings (SSSR count). The van der Waals surface area contributed by atoms with Gasteiger partial charge in [-0.1, -0.05) is 24.2 Å². The lowest BCUT2D eigenvalue weighted by atomic mass is 9.85. The van der Waals surface area contributed by atoms with E-state index in [9.17, 15) is 18.0 Å². The summed E-state index contributed by atoms with van der Waals surface area (Å²) in [4.78, 5) is 17.2. The van der Waals surface area contributed by atoms with E-state index < -0.39 is 22.7 Å². The molecule has 2 aliphatic rings. The molecule has 4 nitrogen and oxygen atoms in total. The summed E-state index contributed by atoms with van der Waals surface area (Å²) in [7, 11) is 0. The second-order valence-corrected chi connectivity index (χ2v) is 6.96. The van der Waals surface area contributed by atoms with Crippen LogP contribution < -0.4 is 4.90 Å². The zero-order valence-electron chi connectivity index (χ0n) is 12.9. The van der Waals surface area contributed by atoms with Crippen LogP contribution in [0.4, 0.5) is 18.3 Å².